The lowest BCUT2D eigenvalue weighted by Crippen LogP contribution is -2.55. The predicted octanol–water partition coefficient (Wildman–Crippen LogP) is 2.51. The molecule has 1 fully saturated rings. The summed E-state index contributed by atoms with van der Waals surface area (Å²) in [6, 6.07) is 1.96. The van der Waals surface area contributed by atoms with Crippen molar-refractivity contribution in [1.82, 2.24) is 4.90 Å². The minimum Gasteiger partial charge on any atom is -0.444 e. The average Bonchev–Trinajstić information content (AvgIpc) is 2.43. The Morgan fingerprint density at radius 3 is 2.20 bits per heavy atom. The molecule has 6 nitrogen and oxygen atoms in total. The maximum absolute atomic E-state index is 14.0. The zero-order chi connectivity index (χ0) is 18.9. The van der Waals surface area contributed by atoms with E-state index in [4.69, 9.17) is 10.5 Å². The SMILES string of the molecule is C[C@@H]1CN(c2cc(F)c(C(N)=O)c(F)c2)CCN1C(=O)OC(C)(C)C. The highest BCUT2D eigenvalue weighted by atomic mass is 19.1. The number of hydrogen-bond acceptors (Lipinski definition) is 4. The summed E-state index contributed by atoms with van der Waals surface area (Å²) >= 11 is 0. The summed E-state index contributed by atoms with van der Waals surface area (Å²) in [6.07, 6.45) is -0.416. The highest BCUT2D eigenvalue weighted by Crippen LogP contribution is 2.25. The predicted molar refractivity (Wildman–Crippen MR) is 89.5 cm³/mol. The topological polar surface area (TPSA) is 75.9 Å². The van der Waals surface area contributed by atoms with Crippen molar-refractivity contribution >= 4 is 17.7 Å². The summed E-state index contributed by atoms with van der Waals surface area (Å²) in [5.41, 5.74) is 3.94. The summed E-state index contributed by atoms with van der Waals surface area (Å²) < 4.78 is 33.3. The third-order valence-electron chi connectivity index (χ3n) is 3.89. The summed E-state index contributed by atoms with van der Waals surface area (Å²) in [5.74, 6) is -3.14. The molecule has 1 saturated heterocycles. The first-order valence-electron chi connectivity index (χ1n) is 8.03. The Kier molecular flexibility index (Phi) is 5.20. The molecule has 138 valence electrons. The van der Waals surface area contributed by atoms with Gasteiger partial charge in [0.1, 0.15) is 22.8 Å². The molecule has 1 aromatic rings. The first-order valence-corrected chi connectivity index (χ1v) is 8.03. The number of anilines is 1. The number of primary amides is 1. The Labute approximate surface area is 145 Å². The van der Waals surface area contributed by atoms with Crippen LogP contribution in [0.15, 0.2) is 12.1 Å². The smallest absolute Gasteiger partial charge is 0.410 e. The number of nitrogens with two attached hydrogens (primary N) is 1. The second-order valence-corrected chi connectivity index (χ2v) is 7.12. The van der Waals surface area contributed by atoms with E-state index in [0.29, 0.717) is 25.3 Å². The maximum atomic E-state index is 14.0. The summed E-state index contributed by atoms with van der Waals surface area (Å²) in [5, 5.41) is 0. The number of rotatable bonds is 2. The molecule has 1 aliphatic heterocycles. The van der Waals surface area contributed by atoms with Crippen LogP contribution < -0.4 is 10.6 Å². The second-order valence-electron chi connectivity index (χ2n) is 7.12. The third kappa shape index (κ3) is 4.37. The van der Waals surface area contributed by atoms with Gasteiger partial charge in [-0.2, -0.15) is 0 Å². The number of carbonyl (C=O) groups is 2. The highest BCUT2D eigenvalue weighted by molar-refractivity contribution is 5.93. The van der Waals surface area contributed by atoms with E-state index in [2.05, 4.69) is 0 Å². The number of carbonyl (C=O) groups excluding carboxylic acids is 2. The number of halogens is 2. The van der Waals surface area contributed by atoms with Crippen molar-refractivity contribution < 1.29 is 23.1 Å². The lowest BCUT2D eigenvalue weighted by atomic mass is 10.1. The second kappa shape index (κ2) is 6.85. The summed E-state index contributed by atoms with van der Waals surface area (Å²) in [4.78, 5) is 26.6. The van der Waals surface area contributed by atoms with E-state index in [1.165, 1.54) is 0 Å². The van der Waals surface area contributed by atoms with Crippen LogP contribution in [0.4, 0.5) is 19.3 Å². The Morgan fingerprint density at radius 2 is 1.76 bits per heavy atom. The first kappa shape index (κ1) is 19.0. The zero-order valence-corrected chi connectivity index (χ0v) is 14.8. The molecule has 25 heavy (non-hydrogen) atoms. The van der Waals surface area contributed by atoms with Gasteiger partial charge in [0, 0.05) is 31.4 Å². The van der Waals surface area contributed by atoms with Crippen LogP contribution in [0.3, 0.4) is 0 Å². The van der Waals surface area contributed by atoms with Gasteiger partial charge in [-0.1, -0.05) is 0 Å². The lowest BCUT2D eigenvalue weighted by Gasteiger charge is -2.41. The van der Waals surface area contributed by atoms with Gasteiger partial charge >= 0.3 is 6.09 Å². The van der Waals surface area contributed by atoms with Crippen molar-refractivity contribution in [3.05, 3.63) is 29.3 Å². The summed E-state index contributed by atoms with van der Waals surface area (Å²) in [7, 11) is 0. The Morgan fingerprint density at radius 1 is 1.20 bits per heavy atom. The molecule has 1 aliphatic rings. The van der Waals surface area contributed by atoms with Crippen LogP contribution in [0.25, 0.3) is 0 Å². The minimum absolute atomic E-state index is 0.203. The first-order chi connectivity index (χ1) is 11.5. The van der Waals surface area contributed by atoms with Crippen LogP contribution >= 0.6 is 0 Å². The maximum Gasteiger partial charge on any atom is 0.410 e. The van der Waals surface area contributed by atoms with Gasteiger partial charge in [-0.15, -0.1) is 0 Å². The van der Waals surface area contributed by atoms with Crippen molar-refractivity contribution in [2.24, 2.45) is 5.73 Å². The lowest BCUT2D eigenvalue weighted by molar-refractivity contribution is 0.0159. The fourth-order valence-electron chi connectivity index (χ4n) is 2.76. The molecular weight excluding hydrogens is 332 g/mol. The normalized spacial score (nSPS) is 18.2. The number of hydrogen-bond donors (Lipinski definition) is 1. The quantitative estimate of drug-likeness (QED) is 0.884. The van der Waals surface area contributed by atoms with E-state index >= 15 is 0 Å². The van der Waals surface area contributed by atoms with Crippen molar-refractivity contribution in [2.45, 2.75) is 39.3 Å². The van der Waals surface area contributed by atoms with Gasteiger partial charge in [0.15, 0.2) is 0 Å². The molecule has 2 N–H and O–H groups in total. The van der Waals surface area contributed by atoms with Crippen molar-refractivity contribution in [3.8, 4) is 0 Å². The molecule has 0 radical (unpaired) electrons. The van der Waals surface area contributed by atoms with Gasteiger partial charge in [-0.3, -0.25) is 4.79 Å². The van der Waals surface area contributed by atoms with Gasteiger partial charge in [-0.05, 0) is 39.8 Å². The molecule has 0 aliphatic carbocycles. The summed E-state index contributed by atoms with van der Waals surface area (Å²) in [6.45, 7) is 8.33. The standard InChI is InChI=1S/C17H23F2N3O3/c1-10-9-21(5-6-22(10)16(24)25-17(2,3)4)11-7-12(18)14(15(20)23)13(19)8-11/h7-8,10H,5-6,9H2,1-4H3,(H2,20,23)/t10-/m1/s1. The van der Waals surface area contributed by atoms with E-state index < -0.39 is 34.8 Å². The van der Waals surface area contributed by atoms with E-state index in [0.717, 1.165) is 12.1 Å². The van der Waals surface area contributed by atoms with Crippen LogP contribution in [0.5, 0.6) is 0 Å². The fraction of sp³-hybridized carbons (Fsp3) is 0.529. The molecule has 0 spiro atoms. The van der Waals surface area contributed by atoms with E-state index in [-0.39, 0.29) is 6.04 Å². The van der Waals surface area contributed by atoms with E-state index in [1.54, 1.807) is 30.6 Å². The van der Waals surface area contributed by atoms with E-state index in [1.807, 2.05) is 6.92 Å². The molecule has 0 aromatic heterocycles. The van der Waals surface area contributed by atoms with Gasteiger partial charge in [0.2, 0.25) is 0 Å². The Bertz CT molecular complexity index is 665. The largest absolute Gasteiger partial charge is 0.444 e. The van der Waals surface area contributed by atoms with Crippen LogP contribution in [-0.4, -0.2) is 48.2 Å². The van der Waals surface area contributed by atoms with Crippen LogP contribution in [0.2, 0.25) is 0 Å². The van der Waals surface area contributed by atoms with Gasteiger partial charge < -0.3 is 20.3 Å². The Balaban J connectivity index is 2.13. The van der Waals surface area contributed by atoms with Crippen molar-refractivity contribution in [3.63, 3.8) is 0 Å². The number of piperazine rings is 1. The molecule has 1 atom stereocenters. The molecule has 0 saturated carbocycles. The van der Waals surface area contributed by atoms with Crippen LogP contribution in [-0.2, 0) is 4.74 Å². The molecular formula is C17H23F2N3O3. The fourth-order valence-corrected chi connectivity index (χ4v) is 2.76. The molecule has 2 rings (SSSR count). The third-order valence-corrected chi connectivity index (χ3v) is 3.89. The molecule has 0 bridgehead atoms. The monoisotopic (exact) mass is 355 g/mol. The number of nitrogens with zero attached hydrogens (tertiary/aromatic N) is 2. The average molecular weight is 355 g/mol. The minimum atomic E-state index is -1.15. The molecule has 8 heteroatoms. The van der Waals surface area contributed by atoms with E-state index in [9.17, 15) is 18.4 Å². The molecule has 1 aromatic carbocycles. The number of ether oxygens (including phenoxy) is 1. The number of benzene rings is 1. The molecule has 1 heterocycles. The van der Waals surface area contributed by atoms with Crippen molar-refractivity contribution in [2.75, 3.05) is 24.5 Å². The van der Waals surface area contributed by atoms with Crippen LogP contribution in [0.1, 0.15) is 38.1 Å². The number of amides is 2. The molecule has 0 unspecified atom stereocenters. The van der Waals surface area contributed by atoms with Gasteiger partial charge in [-0.25, -0.2) is 13.6 Å². The van der Waals surface area contributed by atoms with Gasteiger partial charge in [0.25, 0.3) is 5.91 Å². The zero-order valence-electron chi connectivity index (χ0n) is 14.8. The Hall–Kier alpha value is -2.38. The van der Waals surface area contributed by atoms with Crippen molar-refractivity contribution in [1.29, 1.82) is 0 Å². The van der Waals surface area contributed by atoms with Crippen LogP contribution in [0, 0.1) is 11.6 Å². The molecule has 2 amide bonds. The van der Waals surface area contributed by atoms with Gasteiger partial charge in [0.05, 0.1) is 0 Å². The highest BCUT2D eigenvalue weighted by Gasteiger charge is 2.31.